The molecular formula is C26H26F5N7O2. The molecule has 4 heterocycles. The molecule has 0 fully saturated rings. The first kappa shape index (κ1) is 28.6. The zero-order valence-electron chi connectivity index (χ0n) is 21.5. The Kier molecular flexibility index (Phi) is 8.45. The van der Waals surface area contributed by atoms with E-state index in [0.29, 0.717) is 22.4 Å². The maximum absolute atomic E-state index is 13.6. The molecule has 0 aliphatic carbocycles. The Morgan fingerprint density at radius 3 is 2.80 bits per heavy atom. The molecule has 0 saturated heterocycles. The summed E-state index contributed by atoms with van der Waals surface area (Å²) in [7, 11) is 0. The number of rotatable bonds is 8. The van der Waals surface area contributed by atoms with Gasteiger partial charge in [0.25, 0.3) is 5.91 Å². The molecule has 2 aromatic rings. The van der Waals surface area contributed by atoms with Crippen molar-refractivity contribution in [3.8, 4) is 0 Å². The number of imidazole rings is 1. The van der Waals surface area contributed by atoms with Gasteiger partial charge in [-0.05, 0) is 31.1 Å². The van der Waals surface area contributed by atoms with Crippen LogP contribution in [0.2, 0.25) is 0 Å². The summed E-state index contributed by atoms with van der Waals surface area (Å²) in [5.41, 5.74) is 1.19. The van der Waals surface area contributed by atoms with Crippen LogP contribution in [-0.2, 0) is 16.0 Å². The van der Waals surface area contributed by atoms with Crippen LogP contribution in [0.3, 0.4) is 0 Å². The second-order valence-corrected chi connectivity index (χ2v) is 8.97. The molecule has 2 aliphatic heterocycles. The average Bonchev–Trinajstić information content (AvgIpc) is 3.60. The third-order valence-corrected chi connectivity index (χ3v) is 6.24. The highest BCUT2D eigenvalue weighted by molar-refractivity contribution is 6.05. The lowest BCUT2D eigenvalue weighted by Crippen LogP contribution is -2.44. The van der Waals surface area contributed by atoms with Crippen LogP contribution in [0.25, 0.3) is 0 Å². The van der Waals surface area contributed by atoms with Crippen molar-refractivity contribution in [3.63, 3.8) is 0 Å². The molecule has 0 spiro atoms. The Hall–Kier alpha value is -4.36. The van der Waals surface area contributed by atoms with Gasteiger partial charge in [-0.3, -0.25) is 4.79 Å². The number of carbonyl (C=O) groups is 1. The van der Waals surface area contributed by atoms with Crippen molar-refractivity contribution in [1.82, 2.24) is 24.6 Å². The van der Waals surface area contributed by atoms with Gasteiger partial charge in [-0.15, -0.1) is 0 Å². The lowest BCUT2D eigenvalue weighted by atomic mass is 9.96. The second-order valence-electron chi connectivity index (χ2n) is 8.97. The normalized spacial score (nSPS) is 18.5. The summed E-state index contributed by atoms with van der Waals surface area (Å²) in [6.45, 7) is 0.480. The third kappa shape index (κ3) is 6.26. The van der Waals surface area contributed by atoms with Crippen LogP contribution in [0.1, 0.15) is 49.8 Å². The Balaban J connectivity index is 1.55. The van der Waals surface area contributed by atoms with Gasteiger partial charge in [0.2, 0.25) is 5.90 Å². The fraction of sp³-hybridized carbons (Fsp3) is 0.346. The van der Waals surface area contributed by atoms with Crippen molar-refractivity contribution < 1.29 is 31.5 Å². The lowest BCUT2D eigenvalue weighted by molar-refractivity contribution is -0.131. The van der Waals surface area contributed by atoms with Crippen molar-refractivity contribution in [2.75, 3.05) is 13.1 Å². The standard InChI is InChI=1S/C26H26F5N7O2/c1-3-17(26(29,30)31)6-4-5-15(2)11-18(32)22-21-19(34-14-35-21)8-10-37(22)24(39)20-7-9-33-23(40-20)16-12-36-38(13-16)25(27)28/h4-7,11-14,22,25,32H,3,8-10H2,1-2H3,(H,34,35)/b5-4-,15-11+,17-6+,32-18?. The number of hydrogen-bond donors (Lipinski definition) is 2. The van der Waals surface area contributed by atoms with Gasteiger partial charge < -0.3 is 20.0 Å². The topological polar surface area (TPSA) is 112 Å². The van der Waals surface area contributed by atoms with E-state index in [1.165, 1.54) is 42.5 Å². The number of allylic oxidation sites excluding steroid dienone is 5. The number of carbonyl (C=O) groups excluding carboxylic acids is 1. The molecule has 2 N–H and O–H groups in total. The van der Waals surface area contributed by atoms with Gasteiger partial charge >= 0.3 is 12.7 Å². The highest BCUT2D eigenvalue weighted by atomic mass is 19.4. The first-order valence-corrected chi connectivity index (χ1v) is 12.3. The van der Waals surface area contributed by atoms with Crippen LogP contribution in [0.4, 0.5) is 22.0 Å². The summed E-state index contributed by atoms with van der Waals surface area (Å²) < 4.78 is 70.9. The highest BCUT2D eigenvalue weighted by Gasteiger charge is 2.37. The summed E-state index contributed by atoms with van der Waals surface area (Å²) in [5.74, 6) is -0.683. The van der Waals surface area contributed by atoms with Crippen molar-refractivity contribution in [2.24, 2.45) is 4.99 Å². The Morgan fingerprint density at radius 2 is 2.12 bits per heavy atom. The van der Waals surface area contributed by atoms with E-state index < -0.39 is 30.2 Å². The van der Waals surface area contributed by atoms with Crippen molar-refractivity contribution in [1.29, 1.82) is 5.41 Å². The first-order valence-electron chi connectivity index (χ1n) is 12.3. The molecule has 40 heavy (non-hydrogen) atoms. The van der Waals surface area contributed by atoms with Gasteiger partial charge in [-0.25, -0.2) is 14.7 Å². The number of aromatic amines is 1. The number of H-pyrrole nitrogens is 1. The van der Waals surface area contributed by atoms with E-state index in [2.05, 4.69) is 20.1 Å². The van der Waals surface area contributed by atoms with Crippen LogP contribution in [0, 0.1) is 5.41 Å². The van der Waals surface area contributed by atoms with Gasteiger partial charge in [0.1, 0.15) is 6.04 Å². The minimum absolute atomic E-state index is 0.0115. The number of fused-ring (bicyclic) bond motifs is 1. The number of amides is 1. The lowest BCUT2D eigenvalue weighted by Gasteiger charge is -2.35. The van der Waals surface area contributed by atoms with Gasteiger partial charge in [-0.1, -0.05) is 25.2 Å². The summed E-state index contributed by atoms with van der Waals surface area (Å²) in [5, 5.41) is 12.3. The summed E-state index contributed by atoms with van der Waals surface area (Å²) in [6, 6.07) is -0.906. The first-order chi connectivity index (χ1) is 19.0. The molecule has 0 bridgehead atoms. The maximum Gasteiger partial charge on any atom is 0.412 e. The maximum atomic E-state index is 13.6. The Morgan fingerprint density at radius 1 is 1.35 bits per heavy atom. The van der Waals surface area contributed by atoms with Gasteiger partial charge in [0.05, 0.1) is 36.0 Å². The molecule has 4 rings (SSSR count). The molecular weight excluding hydrogens is 537 g/mol. The quantitative estimate of drug-likeness (QED) is 0.261. The molecule has 2 aliphatic rings. The SMILES string of the molecule is CC\C(=C/C=C\C(C)=C\C(=N)C1c2nc[nH]c2CCN1C(=O)C1=CCN=C(c2cnn(C(F)F)c2)O1)C(F)(F)F. The van der Waals surface area contributed by atoms with Crippen LogP contribution in [0.5, 0.6) is 0 Å². The molecule has 0 radical (unpaired) electrons. The number of alkyl halides is 5. The zero-order valence-corrected chi connectivity index (χ0v) is 21.5. The van der Waals surface area contributed by atoms with Crippen molar-refractivity contribution in [3.05, 3.63) is 83.0 Å². The van der Waals surface area contributed by atoms with E-state index >= 15 is 0 Å². The minimum Gasteiger partial charge on any atom is -0.433 e. The van der Waals surface area contributed by atoms with Gasteiger partial charge in [0.15, 0.2) is 5.76 Å². The van der Waals surface area contributed by atoms with Crippen LogP contribution in [0.15, 0.2) is 71.0 Å². The molecule has 1 unspecified atom stereocenters. The number of ether oxygens (including phenoxy) is 1. The van der Waals surface area contributed by atoms with Gasteiger partial charge in [-0.2, -0.15) is 27.1 Å². The number of nitrogens with zero attached hydrogens (tertiary/aromatic N) is 5. The van der Waals surface area contributed by atoms with Crippen molar-refractivity contribution >= 4 is 17.5 Å². The summed E-state index contributed by atoms with van der Waals surface area (Å²) >= 11 is 0. The van der Waals surface area contributed by atoms with E-state index in [1.807, 2.05) is 0 Å². The third-order valence-electron chi connectivity index (χ3n) is 6.24. The van der Waals surface area contributed by atoms with Gasteiger partial charge in [0, 0.05) is 30.4 Å². The van der Waals surface area contributed by atoms with Crippen LogP contribution in [-0.4, -0.2) is 61.4 Å². The summed E-state index contributed by atoms with van der Waals surface area (Å²) in [4.78, 5) is 26.5. The molecule has 2 aromatic heterocycles. The van der Waals surface area contributed by atoms with E-state index in [4.69, 9.17) is 10.1 Å². The number of aromatic nitrogens is 4. The smallest absolute Gasteiger partial charge is 0.412 e. The molecule has 1 atom stereocenters. The predicted octanol–water partition coefficient (Wildman–Crippen LogP) is 5.21. The predicted molar refractivity (Wildman–Crippen MR) is 136 cm³/mol. The molecule has 1 amide bonds. The number of halogens is 5. The molecule has 14 heteroatoms. The van der Waals surface area contributed by atoms with E-state index in [0.717, 1.165) is 24.2 Å². The number of aliphatic imine (C=N–C) groups is 1. The van der Waals surface area contributed by atoms with E-state index in [9.17, 15) is 26.7 Å². The Labute approximate surface area is 225 Å². The van der Waals surface area contributed by atoms with Crippen LogP contribution >= 0.6 is 0 Å². The largest absolute Gasteiger partial charge is 0.433 e. The Bertz CT molecular complexity index is 1430. The zero-order chi connectivity index (χ0) is 29.0. The van der Waals surface area contributed by atoms with E-state index in [1.54, 1.807) is 6.92 Å². The highest BCUT2D eigenvalue weighted by Crippen LogP contribution is 2.31. The molecule has 9 nitrogen and oxygen atoms in total. The fourth-order valence-corrected chi connectivity index (χ4v) is 4.28. The minimum atomic E-state index is -4.42. The fourth-order valence-electron chi connectivity index (χ4n) is 4.28. The van der Waals surface area contributed by atoms with E-state index in [-0.39, 0.29) is 42.4 Å². The molecule has 212 valence electrons. The number of nitrogens with one attached hydrogen (secondary N) is 2. The summed E-state index contributed by atoms with van der Waals surface area (Å²) in [6.07, 6.45) is 6.13. The average molecular weight is 564 g/mol. The molecule has 0 saturated carbocycles. The monoisotopic (exact) mass is 563 g/mol. The molecule has 0 aromatic carbocycles. The second kappa shape index (κ2) is 11.8. The van der Waals surface area contributed by atoms with Crippen molar-refractivity contribution in [2.45, 2.75) is 45.5 Å². The number of hydrogen-bond acceptors (Lipinski definition) is 6. The van der Waals surface area contributed by atoms with Crippen LogP contribution < -0.4 is 0 Å².